The first-order chi connectivity index (χ1) is 9.54. The van der Waals surface area contributed by atoms with Gasteiger partial charge in [0, 0.05) is 17.1 Å². The first-order valence-electron chi connectivity index (χ1n) is 6.53. The van der Waals surface area contributed by atoms with E-state index in [4.69, 9.17) is 11.6 Å². The van der Waals surface area contributed by atoms with Crippen LogP contribution in [-0.2, 0) is 26.2 Å². The van der Waals surface area contributed by atoms with Crippen LogP contribution in [0.15, 0.2) is 12.1 Å². The molecule has 0 aliphatic carbocycles. The Hall–Kier alpha value is -1.88. The number of anilines is 1. The highest BCUT2D eigenvalue weighted by atomic mass is 35.5. The van der Waals surface area contributed by atoms with Crippen molar-refractivity contribution in [3.63, 3.8) is 0 Å². The predicted octanol–water partition coefficient (Wildman–Crippen LogP) is 0.917. The number of imide groups is 1. The summed E-state index contributed by atoms with van der Waals surface area (Å²) in [5, 5.41) is 2.76. The molecule has 3 aliphatic heterocycles. The number of fused-ring (bicyclic) bond motifs is 1. The van der Waals surface area contributed by atoms with Gasteiger partial charge in [-0.25, -0.2) is 0 Å². The van der Waals surface area contributed by atoms with Gasteiger partial charge in [0.2, 0.25) is 17.7 Å². The number of halogens is 1. The van der Waals surface area contributed by atoms with E-state index in [-0.39, 0.29) is 12.3 Å². The number of aryl methyl sites for hydroxylation is 1. The summed E-state index contributed by atoms with van der Waals surface area (Å²) in [6.45, 7) is 0.587. The zero-order valence-corrected chi connectivity index (χ0v) is 11.3. The van der Waals surface area contributed by atoms with E-state index in [0.717, 1.165) is 24.1 Å². The second-order valence-corrected chi connectivity index (χ2v) is 5.92. The van der Waals surface area contributed by atoms with Crippen molar-refractivity contribution in [3.8, 4) is 0 Å². The van der Waals surface area contributed by atoms with Crippen LogP contribution < -0.4 is 10.2 Å². The molecular formula is C14H11ClN2O3. The monoisotopic (exact) mass is 290 g/mol. The SMILES string of the molecule is O=C1CC2(C(=O)N1)C(=O)N1CCCc3cc(Cl)cc2c31. The van der Waals surface area contributed by atoms with Crippen molar-refractivity contribution in [2.24, 2.45) is 0 Å². The maximum atomic E-state index is 12.7. The molecule has 1 N–H and O–H groups in total. The summed E-state index contributed by atoms with van der Waals surface area (Å²) >= 11 is 6.13. The van der Waals surface area contributed by atoms with Crippen LogP contribution >= 0.6 is 11.6 Å². The van der Waals surface area contributed by atoms with E-state index in [1.807, 2.05) is 6.07 Å². The molecule has 1 aromatic rings. The summed E-state index contributed by atoms with van der Waals surface area (Å²) in [5.74, 6) is -1.22. The van der Waals surface area contributed by atoms with Crippen LogP contribution in [0.3, 0.4) is 0 Å². The number of rotatable bonds is 0. The molecule has 3 amide bonds. The van der Waals surface area contributed by atoms with Gasteiger partial charge in [-0.2, -0.15) is 0 Å². The van der Waals surface area contributed by atoms with E-state index < -0.39 is 17.2 Å². The summed E-state index contributed by atoms with van der Waals surface area (Å²) < 4.78 is 0. The Morgan fingerprint density at radius 1 is 1.25 bits per heavy atom. The standard InChI is InChI=1S/C14H11ClN2O3/c15-8-4-7-2-1-3-17-11(7)9(5-8)14(13(17)20)6-10(18)16-12(14)19/h4-5H,1-3,6H2,(H,16,18,19). The lowest BCUT2D eigenvalue weighted by molar-refractivity contribution is -0.133. The van der Waals surface area contributed by atoms with E-state index >= 15 is 0 Å². The third-order valence-electron chi connectivity index (χ3n) is 4.39. The van der Waals surface area contributed by atoms with Crippen LogP contribution in [0.5, 0.6) is 0 Å². The number of carbonyl (C=O) groups excluding carboxylic acids is 3. The largest absolute Gasteiger partial charge is 0.311 e. The Bertz CT molecular complexity index is 700. The highest BCUT2D eigenvalue weighted by molar-refractivity contribution is 6.33. The van der Waals surface area contributed by atoms with Gasteiger partial charge in [-0.3, -0.25) is 19.7 Å². The van der Waals surface area contributed by atoms with Crippen molar-refractivity contribution in [2.75, 3.05) is 11.4 Å². The van der Waals surface area contributed by atoms with Crippen LogP contribution in [0, 0.1) is 0 Å². The zero-order chi connectivity index (χ0) is 14.1. The molecule has 3 heterocycles. The predicted molar refractivity (Wildman–Crippen MR) is 71.6 cm³/mol. The number of amides is 3. The fourth-order valence-corrected chi connectivity index (χ4v) is 3.81. The Morgan fingerprint density at radius 2 is 2.05 bits per heavy atom. The van der Waals surface area contributed by atoms with Gasteiger partial charge >= 0.3 is 0 Å². The molecule has 0 saturated carbocycles. The minimum Gasteiger partial charge on any atom is -0.311 e. The zero-order valence-electron chi connectivity index (χ0n) is 10.5. The minimum atomic E-state index is -1.39. The number of benzene rings is 1. The Morgan fingerprint density at radius 3 is 2.75 bits per heavy atom. The summed E-state index contributed by atoms with van der Waals surface area (Å²) in [5.41, 5.74) is 0.968. The van der Waals surface area contributed by atoms with Gasteiger partial charge in [0.25, 0.3) is 0 Å². The lowest BCUT2D eigenvalue weighted by Crippen LogP contribution is -2.46. The van der Waals surface area contributed by atoms with Crippen LogP contribution in [0.25, 0.3) is 0 Å². The normalized spacial score (nSPS) is 27.2. The molecule has 1 atom stereocenters. The van der Waals surface area contributed by atoms with E-state index in [1.165, 1.54) is 0 Å². The van der Waals surface area contributed by atoms with Crippen LogP contribution in [0.1, 0.15) is 24.0 Å². The van der Waals surface area contributed by atoms with Gasteiger partial charge in [-0.05, 0) is 30.5 Å². The lowest BCUT2D eigenvalue weighted by atomic mass is 9.79. The summed E-state index contributed by atoms with van der Waals surface area (Å²) in [6, 6.07) is 3.50. The molecule has 1 spiro atoms. The molecule has 1 aromatic carbocycles. The molecule has 4 rings (SSSR count). The minimum absolute atomic E-state index is 0.117. The highest BCUT2D eigenvalue weighted by Crippen LogP contribution is 2.50. The van der Waals surface area contributed by atoms with Crippen molar-refractivity contribution in [3.05, 3.63) is 28.3 Å². The second-order valence-electron chi connectivity index (χ2n) is 5.48. The lowest BCUT2D eigenvalue weighted by Gasteiger charge is -2.25. The fourth-order valence-electron chi connectivity index (χ4n) is 3.57. The van der Waals surface area contributed by atoms with Crippen molar-refractivity contribution < 1.29 is 14.4 Å². The molecule has 1 saturated heterocycles. The van der Waals surface area contributed by atoms with Crippen molar-refractivity contribution in [2.45, 2.75) is 24.7 Å². The van der Waals surface area contributed by atoms with Crippen molar-refractivity contribution >= 4 is 35.0 Å². The van der Waals surface area contributed by atoms with Gasteiger partial charge in [0.05, 0.1) is 12.1 Å². The maximum absolute atomic E-state index is 12.7. The highest BCUT2D eigenvalue weighted by Gasteiger charge is 2.61. The van der Waals surface area contributed by atoms with Gasteiger partial charge in [0.1, 0.15) is 0 Å². The quantitative estimate of drug-likeness (QED) is 0.571. The smallest absolute Gasteiger partial charge is 0.247 e. The van der Waals surface area contributed by atoms with Crippen molar-refractivity contribution in [1.82, 2.24) is 5.32 Å². The molecule has 102 valence electrons. The summed E-state index contributed by atoms with van der Waals surface area (Å²) in [7, 11) is 0. The molecule has 1 fully saturated rings. The van der Waals surface area contributed by atoms with E-state index in [2.05, 4.69) is 5.32 Å². The topological polar surface area (TPSA) is 66.5 Å². The fraction of sp³-hybridized carbons (Fsp3) is 0.357. The van der Waals surface area contributed by atoms with Gasteiger partial charge in [-0.1, -0.05) is 11.6 Å². The Balaban J connectivity index is 2.05. The third-order valence-corrected chi connectivity index (χ3v) is 4.61. The molecule has 20 heavy (non-hydrogen) atoms. The van der Waals surface area contributed by atoms with Gasteiger partial charge in [-0.15, -0.1) is 0 Å². The number of hydrogen-bond acceptors (Lipinski definition) is 3. The van der Waals surface area contributed by atoms with E-state index in [1.54, 1.807) is 11.0 Å². The summed E-state index contributed by atoms with van der Waals surface area (Å²) in [4.78, 5) is 38.3. The molecule has 0 aromatic heterocycles. The van der Waals surface area contributed by atoms with Crippen LogP contribution in [0.2, 0.25) is 5.02 Å². The number of nitrogens with one attached hydrogen (secondary N) is 1. The molecule has 6 heteroatoms. The number of hydrogen-bond donors (Lipinski definition) is 1. The van der Waals surface area contributed by atoms with Crippen molar-refractivity contribution in [1.29, 1.82) is 0 Å². The van der Waals surface area contributed by atoms with Gasteiger partial charge in [0.15, 0.2) is 5.41 Å². The maximum Gasteiger partial charge on any atom is 0.247 e. The average Bonchev–Trinajstić information content (AvgIpc) is 2.82. The molecule has 0 radical (unpaired) electrons. The Kier molecular flexibility index (Phi) is 2.15. The second kappa shape index (κ2) is 3.61. The average molecular weight is 291 g/mol. The Labute approximate surface area is 119 Å². The van der Waals surface area contributed by atoms with Crippen LogP contribution in [0.4, 0.5) is 5.69 Å². The number of nitrogens with zero attached hydrogens (tertiary/aromatic N) is 1. The molecule has 3 aliphatic rings. The number of carbonyl (C=O) groups is 3. The summed E-state index contributed by atoms with van der Waals surface area (Å²) in [6.07, 6.45) is 1.55. The van der Waals surface area contributed by atoms with E-state index in [0.29, 0.717) is 17.1 Å². The molecule has 0 bridgehead atoms. The third kappa shape index (κ3) is 1.21. The van der Waals surface area contributed by atoms with Crippen LogP contribution in [-0.4, -0.2) is 24.3 Å². The molecular weight excluding hydrogens is 280 g/mol. The van der Waals surface area contributed by atoms with E-state index in [9.17, 15) is 14.4 Å². The molecule has 5 nitrogen and oxygen atoms in total. The van der Waals surface area contributed by atoms with Gasteiger partial charge < -0.3 is 4.90 Å². The molecule has 1 unspecified atom stereocenters. The first kappa shape index (κ1) is 11.9. The first-order valence-corrected chi connectivity index (χ1v) is 6.91.